The minimum atomic E-state index is -0.297. The third-order valence-corrected chi connectivity index (χ3v) is 5.92. The highest BCUT2D eigenvalue weighted by Crippen LogP contribution is 2.33. The molecule has 1 amide bonds. The fourth-order valence-electron chi connectivity index (χ4n) is 3.82. The molecule has 7 heteroatoms. The van der Waals surface area contributed by atoms with Crippen LogP contribution in [-0.2, 0) is 9.59 Å². The van der Waals surface area contributed by atoms with E-state index in [1.165, 1.54) is 0 Å². The van der Waals surface area contributed by atoms with Crippen molar-refractivity contribution in [1.82, 2.24) is 4.98 Å². The molecule has 148 valence electrons. The molecule has 2 aromatic carbocycles. The number of rotatable bonds is 4. The summed E-state index contributed by atoms with van der Waals surface area (Å²) in [6, 6.07) is 10.3. The van der Waals surface area contributed by atoms with Crippen molar-refractivity contribution in [1.29, 1.82) is 0 Å². The topological polar surface area (TPSA) is 79.0 Å². The van der Waals surface area contributed by atoms with Gasteiger partial charge in [-0.3, -0.25) is 14.4 Å². The average molecular weight is 429 g/mol. The fraction of sp³-hybridized carbons (Fsp3) is 0.227. The minimum absolute atomic E-state index is 0.117. The van der Waals surface area contributed by atoms with Gasteiger partial charge in [-0.05, 0) is 43.7 Å². The first kappa shape index (κ1) is 19.7. The zero-order valence-corrected chi connectivity index (χ0v) is 17.2. The van der Waals surface area contributed by atoms with Crippen LogP contribution < -0.4 is 5.32 Å². The van der Waals surface area contributed by atoms with Crippen LogP contribution in [-0.4, -0.2) is 22.5 Å². The van der Waals surface area contributed by atoms with Gasteiger partial charge in [0.1, 0.15) is 5.78 Å². The van der Waals surface area contributed by atoms with E-state index in [1.807, 2.05) is 6.07 Å². The van der Waals surface area contributed by atoms with Gasteiger partial charge in [0.15, 0.2) is 5.78 Å². The Morgan fingerprint density at radius 3 is 2.48 bits per heavy atom. The number of hydrogen-bond donors (Lipinski definition) is 2. The SMILES string of the molecule is Cc1[nH]c2ccc(NC(=O)C3CCC(=O)C3)cc2c1C(=O)c1c(Cl)cccc1Cl. The van der Waals surface area contributed by atoms with Crippen molar-refractivity contribution in [3.05, 3.63) is 63.3 Å². The van der Waals surface area contributed by atoms with Crippen LogP contribution in [0.1, 0.15) is 40.9 Å². The Labute approximate surface area is 177 Å². The molecule has 2 N–H and O–H groups in total. The van der Waals surface area contributed by atoms with Crippen LogP contribution in [0, 0.1) is 12.8 Å². The summed E-state index contributed by atoms with van der Waals surface area (Å²) in [6.07, 6.45) is 1.31. The summed E-state index contributed by atoms with van der Waals surface area (Å²) < 4.78 is 0. The maximum atomic E-state index is 13.2. The molecule has 3 aromatic rings. The van der Waals surface area contributed by atoms with E-state index in [0.717, 1.165) is 5.52 Å². The number of aromatic amines is 1. The van der Waals surface area contributed by atoms with Crippen molar-refractivity contribution in [2.24, 2.45) is 5.92 Å². The van der Waals surface area contributed by atoms with Gasteiger partial charge in [0.2, 0.25) is 5.91 Å². The van der Waals surface area contributed by atoms with Crippen LogP contribution in [0.4, 0.5) is 5.69 Å². The molecule has 0 saturated heterocycles. The predicted octanol–water partition coefficient (Wildman–Crippen LogP) is 5.32. The quantitative estimate of drug-likeness (QED) is 0.551. The van der Waals surface area contributed by atoms with Gasteiger partial charge in [0.05, 0.1) is 21.2 Å². The second-order valence-corrected chi connectivity index (χ2v) is 8.09. The number of ketones is 2. The minimum Gasteiger partial charge on any atom is -0.358 e. The second-order valence-electron chi connectivity index (χ2n) is 7.28. The van der Waals surface area contributed by atoms with E-state index in [9.17, 15) is 14.4 Å². The van der Waals surface area contributed by atoms with E-state index in [1.54, 1.807) is 37.3 Å². The number of amides is 1. The van der Waals surface area contributed by atoms with E-state index in [-0.39, 0.29) is 45.4 Å². The van der Waals surface area contributed by atoms with E-state index in [0.29, 0.717) is 35.2 Å². The molecule has 4 rings (SSSR count). The van der Waals surface area contributed by atoms with Gasteiger partial charge < -0.3 is 10.3 Å². The van der Waals surface area contributed by atoms with Crippen LogP contribution >= 0.6 is 23.2 Å². The lowest BCUT2D eigenvalue weighted by molar-refractivity contribution is -0.122. The van der Waals surface area contributed by atoms with Crippen molar-refractivity contribution >= 4 is 57.3 Å². The van der Waals surface area contributed by atoms with E-state index < -0.39 is 0 Å². The highest BCUT2D eigenvalue weighted by Gasteiger charge is 2.28. The number of nitrogens with one attached hydrogen (secondary N) is 2. The largest absolute Gasteiger partial charge is 0.358 e. The number of fused-ring (bicyclic) bond motifs is 1. The molecule has 1 heterocycles. The lowest BCUT2D eigenvalue weighted by Gasteiger charge is -2.10. The molecule has 1 atom stereocenters. The number of aromatic nitrogens is 1. The number of benzene rings is 2. The summed E-state index contributed by atoms with van der Waals surface area (Å²) in [7, 11) is 0. The number of carbonyl (C=O) groups excluding carboxylic acids is 3. The first-order chi connectivity index (χ1) is 13.8. The van der Waals surface area contributed by atoms with Gasteiger partial charge in [-0.2, -0.15) is 0 Å². The molecular formula is C22H18Cl2N2O3. The Hall–Kier alpha value is -2.63. The number of H-pyrrole nitrogens is 1. The predicted molar refractivity (Wildman–Crippen MR) is 114 cm³/mol. The molecule has 1 aliphatic carbocycles. The van der Waals surface area contributed by atoms with Crippen LogP contribution in [0.5, 0.6) is 0 Å². The van der Waals surface area contributed by atoms with Crippen molar-refractivity contribution < 1.29 is 14.4 Å². The summed E-state index contributed by atoms with van der Waals surface area (Å²) in [5.41, 5.74) is 2.73. The molecule has 29 heavy (non-hydrogen) atoms. The number of halogens is 2. The van der Waals surface area contributed by atoms with Crippen LogP contribution in [0.15, 0.2) is 36.4 Å². The summed E-state index contributed by atoms with van der Waals surface area (Å²) in [6.45, 7) is 1.81. The van der Waals surface area contributed by atoms with E-state index in [2.05, 4.69) is 10.3 Å². The maximum Gasteiger partial charge on any atom is 0.227 e. The molecule has 0 radical (unpaired) electrons. The molecule has 1 aliphatic rings. The zero-order valence-electron chi connectivity index (χ0n) is 15.6. The maximum absolute atomic E-state index is 13.2. The van der Waals surface area contributed by atoms with Crippen LogP contribution in [0.2, 0.25) is 10.0 Å². The van der Waals surface area contributed by atoms with Gasteiger partial charge in [0.25, 0.3) is 0 Å². The first-order valence-corrected chi connectivity index (χ1v) is 10.0. The summed E-state index contributed by atoms with van der Waals surface area (Å²) in [5.74, 6) is -0.640. The van der Waals surface area contributed by atoms with Crippen molar-refractivity contribution in [2.75, 3.05) is 5.32 Å². The lowest BCUT2D eigenvalue weighted by Crippen LogP contribution is -2.20. The van der Waals surface area contributed by atoms with Crippen LogP contribution in [0.3, 0.4) is 0 Å². The number of aryl methyl sites for hydroxylation is 1. The zero-order chi connectivity index (χ0) is 20.7. The number of anilines is 1. The third-order valence-electron chi connectivity index (χ3n) is 5.29. The van der Waals surface area contributed by atoms with Gasteiger partial charge in [0, 0.05) is 41.0 Å². The number of hydrogen-bond acceptors (Lipinski definition) is 3. The summed E-state index contributed by atoms with van der Waals surface area (Å²) in [4.78, 5) is 40.4. The van der Waals surface area contributed by atoms with Crippen molar-refractivity contribution in [2.45, 2.75) is 26.2 Å². The number of carbonyl (C=O) groups is 3. The Balaban J connectivity index is 1.71. The lowest BCUT2D eigenvalue weighted by atomic mass is 10.00. The molecule has 0 bridgehead atoms. The van der Waals surface area contributed by atoms with Gasteiger partial charge >= 0.3 is 0 Å². The molecule has 1 saturated carbocycles. The summed E-state index contributed by atoms with van der Waals surface area (Å²) in [5, 5.41) is 4.10. The summed E-state index contributed by atoms with van der Waals surface area (Å²) >= 11 is 12.5. The van der Waals surface area contributed by atoms with Gasteiger partial charge in [-0.1, -0.05) is 29.3 Å². The normalized spacial score (nSPS) is 16.4. The third kappa shape index (κ3) is 3.68. The Morgan fingerprint density at radius 2 is 1.83 bits per heavy atom. The second kappa shape index (κ2) is 7.65. The van der Waals surface area contributed by atoms with E-state index in [4.69, 9.17) is 23.2 Å². The van der Waals surface area contributed by atoms with Crippen molar-refractivity contribution in [3.8, 4) is 0 Å². The molecule has 0 spiro atoms. The highest BCUT2D eigenvalue weighted by molar-refractivity contribution is 6.41. The van der Waals surface area contributed by atoms with Crippen LogP contribution in [0.25, 0.3) is 10.9 Å². The van der Waals surface area contributed by atoms with Crippen molar-refractivity contribution in [3.63, 3.8) is 0 Å². The average Bonchev–Trinajstić information content (AvgIpc) is 3.23. The van der Waals surface area contributed by atoms with Gasteiger partial charge in [-0.25, -0.2) is 0 Å². The Morgan fingerprint density at radius 1 is 1.10 bits per heavy atom. The molecule has 1 fully saturated rings. The smallest absolute Gasteiger partial charge is 0.227 e. The molecule has 1 unspecified atom stereocenters. The first-order valence-electron chi connectivity index (χ1n) is 9.28. The Bertz CT molecular complexity index is 1150. The molecule has 5 nitrogen and oxygen atoms in total. The van der Waals surface area contributed by atoms with Gasteiger partial charge in [-0.15, -0.1) is 0 Å². The highest BCUT2D eigenvalue weighted by atomic mass is 35.5. The Kier molecular flexibility index (Phi) is 5.19. The number of Topliss-reactive ketones (excluding diaryl/α,β-unsaturated/α-hetero) is 1. The van der Waals surface area contributed by atoms with E-state index >= 15 is 0 Å². The monoisotopic (exact) mass is 428 g/mol. The molecule has 1 aromatic heterocycles. The molecular weight excluding hydrogens is 411 g/mol. The molecule has 0 aliphatic heterocycles. The fourth-order valence-corrected chi connectivity index (χ4v) is 4.39. The standard InChI is InChI=1S/C22H18Cl2N2O3/c1-11-19(21(28)20-16(23)3-2-4-17(20)24)15-10-13(6-8-18(15)25-11)26-22(29)12-5-7-14(27)9-12/h2-4,6,8,10,12,25H,5,7,9H2,1H3,(H,26,29).